The summed E-state index contributed by atoms with van der Waals surface area (Å²) < 4.78 is 20.1. The molecule has 1 atom stereocenters. The zero-order valence-electron chi connectivity index (χ0n) is 19.4. The molecule has 35 heavy (non-hydrogen) atoms. The Bertz CT molecular complexity index is 1420. The first kappa shape index (κ1) is 22.9. The van der Waals surface area contributed by atoms with Crippen molar-refractivity contribution in [2.45, 2.75) is 24.8 Å². The quantitative estimate of drug-likeness (QED) is 0.322. The number of nitrogens with one attached hydrogen (secondary N) is 1. The molecule has 0 radical (unpaired) electrons. The van der Waals surface area contributed by atoms with Crippen molar-refractivity contribution in [3.8, 4) is 11.4 Å². The molecule has 8 heteroatoms. The number of thioether (sulfide) groups is 1. The van der Waals surface area contributed by atoms with E-state index in [4.69, 9.17) is 4.52 Å². The zero-order chi connectivity index (χ0) is 24.5. The molecule has 1 N–H and O–H groups in total. The van der Waals surface area contributed by atoms with Gasteiger partial charge in [-0.2, -0.15) is 4.98 Å². The standard InChI is InChI=1S/C27H23FN4O2S/c1-16-9-12-20(15-22(16)28)32-17(2)23(24(29-27(32)33)18-7-5-4-6-8-18)26-30-25(31-34-26)19-10-13-21(35-3)14-11-19/h4-15,24H,1-3H3,(H,29,33). The molecule has 1 aliphatic rings. The number of nitrogens with zero attached hydrogens (tertiary/aromatic N) is 3. The molecule has 6 nitrogen and oxygen atoms in total. The van der Waals surface area contributed by atoms with Crippen LogP contribution in [0.5, 0.6) is 0 Å². The van der Waals surface area contributed by atoms with Crippen molar-refractivity contribution < 1.29 is 13.7 Å². The van der Waals surface area contributed by atoms with Crippen molar-refractivity contribution in [1.29, 1.82) is 0 Å². The minimum atomic E-state index is -0.512. The molecule has 0 bridgehead atoms. The Morgan fingerprint density at radius 1 is 1.03 bits per heavy atom. The SMILES string of the molecule is CSc1ccc(-c2noc(C3=C(C)N(c4ccc(C)c(F)c4)C(=O)NC3c3ccccc3)n2)cc1. The third-order valence-corrected chi connectivity index (χ3v) is 6.78. The first-order valence-corrected chi connectivity index (χ1v) is 12.3. The van der Waals surface area contributed by atoms with Gasteiger partial charge in [0.05, 0.1) is 17.3 Å². The second-order valence-corrected chi connectivity index (χ2v) is 9.09. The van der Waals surface area contributed by atoms with E-state index in [1.54, 1.807) is 37.7 Å². The Balaban J connectivity index is 1.63. The van der Waals surface area contributed by atoms with Crippen LogP contribution >= 0.6 is 11.8 Å². The molecule has 2 amide bonds. The summed E-state index contributed by atoms with van der Waals surface area (Å²) >= 11 is 1.65. The minimum absolute atomic E-state index is 0.290. The summed E-state index contributed by atoms with van der Waals surface area (Å²) in [6.07, 6.45) is 2.02. The Kier molecular flexibility index (Phi) is 6.13. The highest BCUT2D eigenvalue weighted by Crippen LogP contribution is 2.39. The van der Waals surface area contributed by atoms with Crippen LogP contribution in [-0.4, -0.2) is 22.4 Å². The van der Waals surface area contributed by atoms with Gasteiger partial charge in [0.25, 0.3) is 5.89 Å². The number of hydrogen-bond acceptors (Lipinski definition) is 5. The van der Waals surface area contributed by atoms with Gasteiger partial charge >= 0.3 is 6.03 Å². The molecule has 0 saturated carbocycles. The molecule has 2 heterocycles. The topological polar surface area (TPSA) is 71.3 Å². The van der Waals surface area contributed by atoms with E-state index in [0.717, 1.165) is 16.0 Å². The Labute approximate surface area is 206 Å². The summed E-state index contributed by atoms with van der Waals surface area (Å²) in [5.41, 5.74) is 3.84. The molecule has 1 unspecified atom stereocenters. The van der Waals surface area contributed by atoms with Crippen LogP contribution in [0.15, 0.2) is 87.9 Å². The van der Waals surface area contributed by atoms with Crippen LogP contribution in [0.1, 0.15) is 30.0 Å². The molecule has 176 valence electrons. The molecule has 4 aromatic rings. The lowest BCUT2D eigenvalue weighted by Crippen LogP contribution is -2.46. The van der Waals surface area contributed by atoms with E-state index < -0.39 is 6.04 Å². The number of anilines is 1. The average Bonchev–Trinajstić information content (AvgIpc) is 3.36. The molecule has 0 spiro atoms. The molecule has 0 fully saturated rings. The number of benzene rings is 3. The second kappa shape index (κ2) is 9.38. The van der Waals surface area contributed by atoms with E-state index in [1.165, 1.54) is 11.0 Å². The van der Waals surface area contributed by atoms with Gasteiger partial charge in [0.2, 0.25) is 5.82 Å². The van der Waals surface area contributed by atoms with Gasteiger partial charge in [-0.3, -0.25) is 4.90 Å². The van der Waals surface area contributed by atoms with Crippen molar-refractivity contribution in [2.24, 2.45) is 0 Å². The number of halogens is 1. The fourth-order valence-electron chi connectivity index (χ4n) is 4.14. The van der Waals surface area contributed by atoms with Crippen molar-refractivity contribution in [3.63, 3.8) is 0 Å². The number of carbonyl (C=O) groups excluding carboxylic acids is 1. The van der Waals surface area contributed by atoms with Gasteiger partial charge in [0.1, 0.15) is 5.82 Å². The van der Waals surface area contributed by atoms with Gasteiger partial charge in [-0.15, -0.1) is 11.8 Å². The smallest absolute Gasteiger partial charge is 0.327 e. The Morgan fingerprint density at radius 2 is 1.77 bits per heavy atom. The van der Waals surface area contributed by atoms with Crippen LogP contribution in [0.2, 0.25) is 0 Å². The highest BCUT2D eigenvalue weighted by Gasteiger charge is 2.36. The summed E-state index contributed by atoms with van der Waals surface area (Å²) in [6.45, 7) is 3.49. The van der Waals surface area contributed by atoms with Crippen molar-refractivity contribution in [3.05, 3.63) is 101 Å². The lowest BCUT2D eigenvalue weighted by atomic mass is 9.94. The third kappa shape index (κ3) is 4.33. The van der Waals surface area contributed by atoms with Crippen LogP contribution < -0.4 is 10.2 Å². The van der Waals surface area contributed by atoms with Crippen LogP contribution in [0.3, 0.4) is 0 Å². The van der Waals surface area contributed by atoms with Crippen molar-refractivity contribution in [2.75, 3.05) is 11.2 Å². The number of carbonyl (C=O) groups is 1. The van der Waals surface area contributed by atoms with Gasteiger partial charge < -0.3 is 9.84 Å². The maximum Gasteiger partial charge on any atom is 0.327 e. The monoisotopic (exact) mass is 486 g/mol. The number of amides is 2. The maximum absolute atomic E-state index is 14.4. The average molecular weight is 487 g/mol. The summed E-state index contributed by atoms with van der Waals surface area (Å²) in [4.78, 5) is 20.5. The summed E-state index contributed by atoms with van der Waals surface area (Å²) in [6, 6.07) is 21.3. The van der Waals surface area contributed by atoms with E-state index in [0.29, 0.717) is 28.3 Å². The largest absolute Gasteiger partial charge is 0.334 e. The number of aromatic nitrogens is 2. The van der Waals surface area contributed by atoms with Crippen LogP contribution in [-0.2, 0) is 0 Å². The fourth-order valence-corrected chi connectivity index (χ4v) is 4.55. The van der Waals surface area contributed by atoms with Gasteiger partial charge in [-0.1, -0.05) is 41.6 Å². The van der Waals surface area contributed by atoms with E-state index >= 15 is 0 Å². The predicted octanol–water partition coefficient (Wildman–Crippen LogP) is 6.61. The molecule has 1 aliphatic heterocycles. The molecular formula is C27H23FN4O2S. The highest BCUT2D eigenvalue weighted by atomic mass is 32.2. The van der Waals surface area contributed by atoms with Crippen molar-refractivity contribution in [1.82, 2.24) is 15.5 Å². The van der Waals surface area contributed by atoms with Gasteiger partial charge in [0, 0.05) is 16.2 Å². The number of rotatable bonds is 5. The lowest BCUT2D eigenvalue weighted by Gasteiger charge is -2.35. The minimum Gasteiger partial charge on any atom is -0.334 e. The summed E-state index contributed by atoms with van der Waals surface area (Å²) in [7, 11) is 0. The molecule has 3 aromatic carbocycles. The van der Waals surface area contributed by atoms with Gasteiger partial charge in [0.15, 0.2) is 0 Å². The van der Waals surface area contributed by atoms with Gasteiger partial charge in [-0.05, 0) is 67.6 Å². The number of urea groups is 1. The molecule has 5 rings (SSSR count). The molecule has 0 aliphatic carbocycles. The van der Waals surface area contributed by atoms with Crippen LogP contribution in [0.25, 0.3) is 17.0 Å². The lowest BCUT2D eigenvalue weighted by molar-refractivity contribution is 0.244. The Morgan fingerprint density at radius 3 is 2.46 bits per heavy atom. The summed E-state index contributed by atoms with van der Waals surface area (Å²) in [5.74, 6) is 0.353. The molecule has 1 aromatic heterocycles. The van der Waals surface area contributed by atoms with E-state index in [-0.39, 0.29) is 17.7 Å². The number of allylic oxidation sites excluding steroid dienone is 1. The first-order valence-electron chi connectivity index (χ1n) is 11.1. The Hall–Kier alpha value is -3.91. The molecule has 0 saturated heterocycles. The molecular weight excluding hydrogens is 463 g/mol. The van der Waals surface area contributed by atoms with Crippen LogP contribution in [0.4, 0.5) is 14.9 Å². The summed E-state index contributed by atoms with van der Waals surface area (Å²) in [5, 5.41) is 7.24. The van der Waals surface area contributed by atoms with E-state index in [2.05, 4.69) is 15.5 Å². The fraction of sp³-hybridized carbons (Fsp3) is 0.148. The first-order chi connectivity index (χ1) is 17.0. The van der Waals surface area contributed by atoms with Crippen LogP contribution in [0, 0.1) is 12.7 Å². The highest BCUT2D eigenvalue weighted by molar-refractivity contribution is 7.98. The number of aryl methyl sites for hydroxylation is 1. The van der Waals surface area contributed by atoms with E-state index in [1.807, 2.05) is 60.9 Å². The predicted molar refractivity (Wildman–Crippen MR) is 135 cm³/mol. The van der Waals surface area contributed by atoms with E-state index in [9.17, 15) is 9.18 Å². The maximum atomic E-state index is 14.4. The second-order valence-electron chi connectivity index (χ2n) is 8.21. The third-order valence-electron chi connectivity index (χ3n) is 6.04. The van der Waals surface area contributed by atoms with Gasteiger partial charge in [-0.25, -0.2) is 9.18 Å². The number of hydrogen-bond donors (Lipinski definition) is 1. The zero-order valence-corrected chi connectivity index (χ0v) is 20.3. The van der Waals surface area contributed by atoms with Crippen molar-refractivity contribution >= 4 is 29.1 Å². The normalized spacial score (nSPS) is 15.9.